The van der Waals surface area contributed by atoms with Crippen LogP contribution in [-0.2, 0) is 0 Å². The molecule has 0 amide bonds. The highest BCUT2D eigenvalue weighted by Gasteiger charge is 2.21. The Hall–Kier alpha value is -0.160. The monoisotopic (exact) mass is 215 g/mol. The maximum absolute atomic E-state index is 9.63. The quantitative estimate of drug-likeness (QED) is 0.624. The highest BCUT2D eigenvalue weighted by Crippen LogP contribution is 2.14. The number of hydrogen-bond acceptors (Lipinski definition) is 4. The van der Waals surface area contributed by atoms with E-state index in [0.29, 0.717) is 6.54 Å². The van der Waals surface area contributed by atoms with Crippen molar-refractivity contribution in [1.29, 1.82) is 0 Å². The van der Waals surface area contributed by atoms with Crippen molar-refractivity contribution < 1.29 is 5.11 Å². The minimum atomic E-state index is -0.251. The van der Waals surface area contributed by atoms with E-state index >= 15 is 0 Å². The van der Waals surface area contributed by atoms with Gasteiger partial charge in [0, 0.05) is 26.2 Å². The molecule has 1 aliphatic rings. The number of likely N-dealkylation sites (tertiary alicyclic amines) is 1. The van der Waals surface area contributed by atoms with Crippen molar-refractivity contribution in [2.45, 2.75) is 12.5 Å². The molecule has 0 aliphatic carbocycles. The summed E-state index contributed by atoms with van der Waals surface area (Å²) < 4.78 is 0. The number of nitrogens with one attached hydrogen (secondary N) is 1. The van der Waals surface area contributed by atoms with Crippen molar-refractivity contribution in [3.63, 3.8) is 0 Å². The first-order valence-electron chi connectivity index (χ1n) is 5.81. The molecule has 1 saturated heterocycles. The van der Waals surface area contributed by atoms with Crippen LogP contribution in [0.25, 0.3) is 0 Å². The Labute approximate surface area is 93.2 Å². The summed E-state index contributed by atoms with van der Waals surface area (Å²) in [6.45, 7) is 4.96. The van der Waals surface area contributed by atoms with E-state index in [4.69, 9.17) is 0 Å². The molecular formula is C11H25N3O. The number of aliphatic hydroxyl groups excluding tert-OH is 1. The van der Waals surface area contributed by atoms with Gasteiger partial charge in [-0.25, -0.2) is 0 Å². The van der Waals surface area contributed by atoms with Gasteiger partial charge in [0.1, 0.15) is 0 Å². The van der Waals surface area contributed by atoms with Crippen LogP contribution in [0.5, 0.6) is 0 Å². The highest BCUT2D eigenvalue weighted by molar-refractivity contribution is 4.76. The molecule has 0 aromatic heterocycles. The van der Waals surface area contributed by atoms with E-state index in [2.05, 4.69) is 29.2 Å². The fraction of sp³-hybridized carbons (Fsp3) is 1.00. The lowest BCUT2D eigenvalue weighted by Gasteiger charge is -2.23. The van der Waals surface area contributed by atoms with Crippen molar-refractivity contribution in [3.05, 3.63) is 0 Å². The van der Waals surface area contributed by atoms with Crippen molar-refractivity contribution in [3.8, 4) is 0 Å². The third-order valence-corrected chi connectivity index (χ3v) is 3.02. The zero-order valence-corrected chi connectivity index (χ0v) is 10.2. The molecular weight excluding hydrogens is 190 g/mol. The second-order valence-electron chi connectivity index (χ2n) is 4.85. The normalized spacial score (nSPS) is 25.0. The van der Waals surface area contributed by atoms with Gasteiger partial charge in [-0.3, -0.25) is 0 Å². The van der Waals surface area contributed by atoms with E-state index in [0.717, 1.165) is 19.0 Å². The van der Waals surface area contributed by atoms with Gasteiger partial charge in [0.15, 0.2) is 0 Å². The van der Waals surface area contributed by atoms with Crippen LogP contribution in [-0.4, -0.2) is 74.9 Å². The lowest BCUT2D eigenvalue weighted by molar-refractivity contribution is 0.118. The summed E-state index contributed by atoms with van der Waals surface area (Å²) in [6, 6.07) is 0. The highest BCUT2D eigenvalue weighted by atomic mass is 16.3. The van der Waals surface area contributed by atoms with Gasteiger partial charge in [-0.2, -0.15) is 0 Å². The van der Waals surface area contributed by atoms with E-state index in [1.807, 2.05) is 7.05 Å². The van der Waals surface area contributed by atoms with Crippen LogP contribution in [0.2, 0.25) is 0 Å². The summed E-state index contributed by atoms with van der Waals surface area (Å²) in [4.78, 5) is 4.62. The molecule has 2 unspecified atom stereocenters. The second kappa shape index (κ2) is 6.43. The molecule has 2 atom stereocenters. The Morgan fingerprint density at radius 1 is 1.60 bits per heavy atom. The van der Waals surface area contributed by atoms with E-state index < -0.39 is 0 Å². The SMILES string of the molecule is CNCC(O)CN(C)CC1CCN(C)C1. The molecule has 1 heterocycles. The van der Waals surface area contributed by atoms with Crippen LogP contribution >= 0.6 is 0 Å². The number of hydrogen-bond donors (Lipinski definition) is 2. The molecule has 1 rings (SSSR count). The van der Waals surface area contributed by atoms with Crippen LogP contribution in [0, 0.1) is 5.92 Å². The summed E-state index contributed by atoms with van der Waals surface area (Å²) in [5.41, 5.74) is 0. The van der Waals surface area contributed by atoms with Crippen LogP contribution < -0.4 is 5.32 Å². The minimum Gasteiger partial charge on any atom is -0.390 e. The zero-order chi connectivity index (χ0) is 11.3. The Morgan fingerprint density at radius 3 is 2.87 bits per heavy atom. The van der Waals surface area contributed by atoms with Gasteiger partial charge in [-0.05, 0) is 40.0 Å². The molecule has 0 spiro atoms. The van der Waals surface area contributed by atoms with Gasteiger partial charge in [0.2, 0.25) is 0 Å². The van der Waals surface area contributed by atoms with Gasteiger partial charge in [0.05, 0.1) is 6.10 Å². The van der Waals surface area contributed by atoms with Gasteiger partial charge >= 0.3 is 0 Å². The third kappa shape index (κ3) is 4.93. The standard InChI is InChI=1S/C11H25N3O/c1-12-6-11(15)9-14(3)8-10-4-5-13(2)7-10/h10-12,15H,4-9H2,1-3H3. The third-order valence-electron chi connectivity index (χ3n) is 3.02. The molecule has 0 radical (unpaired) electrons. The van der Waals surface area contributed by atoms with Gasteiger partial charge in [0.25, 0.3) is 0 Å². The fourth-order valence-electron chi connectivity index (χ4n) is 2.35. The average Bonchev–Trinajstić information content (AvgIpc) is 2.51. The lowest BCUT2D eigenvalue weighted by Crippen LogP contribution is -2.38. The Morgan fingerprint density at radius 2 is 2.33 bits per heavy atom. The Bertz CT molecular complexity index is 177. The first-order valence-corrected chi connectivity index (χ1v) is 5.81. The van der Waals surface area contributed by atoms with E-state index in [9.17, 15) is 5.11 Å². The maximum atomic E-state index is 9.63. The summed E-state index contributed by atoms with van der Waals surface area (Å²) in [6.07, 6.45) is 1.04. The Kier molecular flexibility index (Phi) is 5.53. The summed E-state index contributed by atoms with van der Waals surface area (Å²) in [5, 5.41) is 12.6. The molecule has 0 saturated carbocycles. The molecule has 0 aromatic carbocycles. The van der Waals surface area contributed by atoms with Gasteiger partial charge < -0.3 is 20.2 Å². The topological polar surface area (TPSA) is 38.7 Å². The smallest absolute Gasteiger partial charge is 0.0791 e. The van der Waals surface area contributed by atoms with Crippen LogP contribution in [0.15, 0.2) is 0 Å². The molecule has 0 aromatic rings. The van der Waals surface area contributed by atoms with Crippen LogP contribution in [0.4, 0.5) is 0 Å². The number of rotatable bonds is 6. The molecule has 2 N–H and O–H groups in total. The lowest BCUT2D eigenvalue weighted by atomic mass is 10.1. The number of likely N-dealkylation sites (N-methyl/N-ethyl adjacent to an activating group) is 2. The van der Waals surface area contributed by atoms with E-state index in [1.54, 1.807) is 0 Å². The Balaban J connectivity index is 2.15. The molecule has 90 valence electrons. The molecule has 1 fully saturated rings. The molecule has 15 heavy (non-hydrogen) atoms. The molecule has 4 nitrogen and oxygen atoms in total. The first kappa shape index (κ1) is 12.9. The largest absolute Gasteiger partial charge is 0.390 e. The van der Waals surface area contributed by atoms with Gasteiger partial charge in [-0.1, -0.05) is 0 Å². The fourth-order valence-corrected chi connectivity index (χ4v) is 2.35. The van der Waals surface area contributed by atoms with Crippen molar-refractivity contribution >= 4 is 0 Å². The van der Waals surface area contributed by atoms with Crippen molar-refractivity contribution in [1.82, 2.24) is 15.1 Å². The zero-order valence-electron chi connectivity index (χ0n) is 10.2. The average molecular weight is 215 g/mol. The second-order valence-corrected chi connectivity index (χ2v) is 4.85. The summed E-state index contributed by atoms with van der Waals surface area (Å²) in [5.74, 6) is 0.779. The predicted molar refractivity (Wildman–Crippen MR) is 63.0 cm³/mol. The number of aliphatic hydroxyl groups is 1. The van der Waals surface area contributed by atoms with Crippen molar-refractivity contribution in [2.75, 3.05) is 53.9 Å². The van der Waals surface area contributed by atoms with Crippen molar-refractivity contribution in [2.24, 2.45) is 5.92 Å². The van der Waals surface area contributed by atoms with E-state index in [1.165, 1.54) is 19.5 Å². The van der Waals surface area contributed by atoms with Crippen LogP contribution in [0.3, 0.4) is 0 Å². The molecule has 0 bridgehead atoms. The minimum absolute atomic E-state index is 0.251. The molecule has 4 heteroatoms. The summed E-state index contributed by atoms with van der Waals surface area (Å²) >= 11 is 0. The predicted octanol–water partition coefficient (Wildman–Crippen LogP) is -0.550. The summed E-state index contributed by atoms with van der Waals surface area (Å²) in [7, 11) is 6.14. The maximum Gasteiger partial charge on any atom is 0.0791 e. The number of nitrogens with zero attached hydrogens (tertiary/aromatic N) is 2. The molecule has 1 aliphatic heterocycles. The van der Waals surface area contributed by atoms with Gasteiger partial charge in [-0.15, -0.1) is 0 Å². The first-order chi connectivity index (χ1) is 7.11. The van der Waals surface area contributed by atoms with Crippen LogP contribution in [0.1, 0.15) is 6.42 Å². The van der Waals surface area contributed by atoms with E-state index in [-0.39, 0.29) is 6.10 Å².